The molecule has 33 heavy (non-hydrogen) atoms. The third-order valence-electron chi connectivity index (χ3n) is 6.73. The lowest BCUT2D eigenvalue weighted by atomic mass is 9.84. The number of hydrogen-bond acceptors (Lipinski definition) is 3. The Morgan fingerprint density at radius 1 is 1.03 bits per heavy atom. The summed E-state index contributed by atoms with van der Waals surface area (Å²) in [4.78, 5) is 40.8. The third kappa shape index (κ3) is 5.07. The van der Waals surface area contributed by atoms with E-state index < -0.39 is 11.8 Å². The molecule has 0 aromatic heterocycles. The molecular formula is C26H30FN3O3. The average molecular weight is 452 g/mol. The number of halogens is 1. The Morgan fingerprint density at radius 2 is 1.73 bits per heavy atom. The van der Waals surface area contributed by atoms with Crippen molar-refractivity contribution in [3.05, 3.63) is 59.9 Å². The van der Waals surface area contributed by atoms with E-state index in [9.17, 15) is 18.8 Å². The van der Waals surface area contributed by atoms with Gasteiger partial charge in [0, 0.05) is 26.6 Å². The summed E-state index contributed by atoms with van der Waals surface area (Å²) in [5, 5.41) is 2.87. The fourth-order valence-electron chi connectivity index (χ4n) is 4.66. The molecule has 2 fully saturated rings. The van der Waals surface area contributed by atoms with Gasteiger partial charge in [0.15, 0.2) is 0 Å². The summed E-state index contributed by atoms with van der Waals surface area (Å²) in [5.41, 5.74) is 2.67. The van der Waals surface area contributed by atoms with Gasteiger partial charge in [-0.2, -0.15) is 0 Å². The molecule has 0 spiro atoms. The lowest BCUT2D eigenvalue weighted by molar-refractivity contribution is -0.145. The Morgan fingerprint density at radius 3 is 2.36 bits per heavy atom. The predicted molar refractivity (Wildman–Crippen MR) is 124 cm³/mol. The normalized spacial score (nSPS) is 20.3. The van der Waals surface area contributed by atoms with Crippen LogP contribution < -0.4 is 5.32 Å². The minimum Gasteiger partial charge on any atom is -0.343 e. The molecule has 1 N–H and O–H groups in total. The fraction of sp³-hybridized carbons (Fsp3) is 0.423. The molecule has 4 rings (SSSR count). The van der Waals surface area contributed by atoms with Crippen molar-refractivity contribution >= 4 is 17.7 Å². The number of likely N-dealkylation sites (tertiary alicyclic amines) is 1. The van der Waals surface area contributed by atoms with Gasteiger partial charge in [-0.15, -0.1) is 0 Å². The molecule has 0 radical (unpaired) electrons. The minimum absolute atomic E-state index is 0.0592. The highest BCUT2D eigenvalue weighted by molar-refractivity contribution is 6.34. The average Bonchev–Trinajstić information content (AvgIpc) is 3.14. The number of benzene rings is 2. The monoisotopic (exact) mass is 451 g/mol. The summed E-state index contributed by atoms with van der Waals surface area (Å²) in [7, 11) is 3.08. The van der Waals surface area contributed by atoms with Gasteiger partial charge in [-0.25, -0.2) is 4.39 Å². The Labute approximate surface area is 193 Å². The quantitative estimate of drug-likeness (QED) is 0.711. The summed E-state index contributed by atoms with van der Waals surface area (Å²) in [6.45, 7) is 0.560. The standard InChI is InChI=1S/C26H30FN3O3/c1-29(2)26(33)24(31)28-22-12-13-30(25(32)18-7-4-8-18)23(22)15-17-6-3-9-19(14-17)20-10-5-11-21(27)16-20/h3,5-6,9-11,14,16,18,22-23H,4,7-8,12-13,15H2,1-2H3,(H,28,31)/t22-,23-/m0/s1. The van der Waals surface area contributed by atoms with Crippen LogP contribution in [0, 0.1) is 11.7 Å². The zero-order valence-corrected chi connectivity index (χ0v) is 19.1. The van der Waals surface area contributed by atoms with Gasteiger partial charge >= 0.3 is 11.8 Å². The van der Waals surface area contributed by atoms with Crippen molar-refractivity contribution in [1.82, 2.24) is 15.1 Å². The van der Waals surface area contributed by atoms with E-state index in [1.54, 1.807) is 20.2 Å². The molecule has 1 saturated heterocycles. The number of nitrogens with one attached hydrogen (secondary N) is 1. The number of carbonyl (C=O) groups is 3. The molecule has 6 nitrogen and oxygen atoms in total. The van der Waals surface area contributed by atoms with E-state index >= 15 is 0 Å². The molecule has 2 aromatic carbocycles. The van der Waals surface area contributed by atoms with Crippen LogP contribution in [-0.4, -0.2) is 60.2 Å². The first-order valence-corrected chi connectivity index (χ1v) is 11.5. The van der Waals surface area contributed by atoms with E-state index in [0.29, 0.717) is 19.4 Å². The molecule has 0 unspecified atom stereocenters. The molecule has 174 valence electrons. The predicted octanol–water partition coefficient (Wildman–Crippen LogP) is 3.01. The number of nitrogens with zero attached hydrogens (tertiary/aromatic N) is 2. The van der Waals surface area contributed by atoms with Crippen molar-refractivity contribution in [3.8, 4) is 11.1 Å². The smallest absolute Gasteiger partial charge is 0.311 e. The van der Waals surface area contributed by atoms with Crippen LogP contribution in [0.2, 0.25) is 0 Å². The SMILES string of the molecule is CN(C)C(=O)C(=O)N[C@H]1CCN(C(=O)C2CCC2)[C@H]1Cc1cccc(-c2cccc(F)c2)c1. The van der Waals surface area contributed by atoms with E-state index in [-0.39, 0.29) is 29.7 Å². The summed E-state index contributed by atoms with van der Waals surface area (Å²) in [5.74, 6) is -1.35. The van der Waals surface area contributed by atoms with Crippen molar-refractivity contribution < 1.29 is 18.8 Å². The van der Waals surface area contributed by atoms with Gasteiger partial charge in [0.25, 0.3) is 0 Å². The van der Waals surface area contributed by atoms with Crippen molar-refractivity contribution in [2.75, 3.05) is 20.6 Å². The Balaban J connectivity index is 1.57. The topological polar surface area (TPSA) is 69.7 Å². The zero-order valence-electron chi connectivity index (χ0n) is 19.1. The van der Waals surface area contributed by atoms with Gasteiger partial charge < -0.3 is 15.1 Å². The summed E-state index contributed by atoms with van der Waals surface area (Å²) >= 11 is 0. The molecule has 1 heterocycles. The number of amides is 3. The van der Waals surface area contributed by atoms with Crippen molar-refractivity contribution in [2.24, 2.45) is 5.92 Å². The molecular weight excluding hydrogens is 421 g/mol. The van der Waals surface area contributed by atoms with Crippen molar-refractivity contribution in [3.63, 3.8) is 0 Å². The lowest BCUT2D eigenvalue weighted by Gasteiger charge is -2.34. The van der Waals surface area contributed by atoms with Gasteiger partial charge in [-0.05, 0) is 54.5 Å². The van der Waals surface area contributed by atoms with E-state index in [4.69, 9.17) is 0 Å². The Hall–Kier alpha value is -3.22. The second-order valence-electron chi connectivity index (χ2n) is 9.21. The molecule has 0 bridgehead atoms. The first kappa shape index (κ1) is 23.0. The number of carbonyl (C=O) groups excluding carboxylic acids is 3. The van der Waals surface area contributed by atoms with Gasteiger partial charge in [-0.1, -0.05) is 42.8 Å². The lowest BCUT2D eigenvalue weighted by Crippen LogP contribution is -2.52. The van der Waals surface area contributed by atoms with Crippen LogP contribution in [0.3, 0.4) is 0 Å². The molecule has 7 heteroatoms. The molecule has 2 aliphatic rings. The third-order valence-corrected chi connectivity index (χ3v) is 6.73. The van der Waals surface area contributed by atoms with Gasteiger partial charge in [0.05, 0.1) is 12.1 Å². The maximum absolute atomic E-state index is 13.7. The highest BCUT2D eigenvalue weighted by atomic mass is 19.1. The van der Waals surface area contributed by atoms with Crippen LogP contribution in [0.1, 0.15) is 31.2 Å². The summed E-state index contributed by atoms with van der Waals surface area (Å²) in [6.07, 6.45) is 4.05. The maximum Gasteiger partial charge on any atom is 0.311 e. The molecule has 1 saturated carbocycles. The zero-order chi connectivity index (χ0) is 23.5. The van der Waals surface area contributed by atoms with Crippen LogP contribution >= 0.6 is 0 Å². The fourth-order valence-corrected chi connectivity index (χ4v) is 4.66. The highest BCUT2D eigenvalue weighted by Gasteiger charge is 2.41. The van der Waals surface area contributed by atoms with Crippen LogP contribution in [0.5, 0.6) is 0 Å². The van der Waals surface area contributed by atoms with E-state index in [2.05, 4.69) is 5.32 Å². The largest absolute Gasteiger partial charge is 0.343 e. The molecule has 2 aromatic rings. The Kier molecular flexibility index (Phi) is 6.77. The molecule has 1 aliphatic heterocycles. The first-order valence-electron chi connectivity index (χ1n) is 11.5. The van der Waals surface area contributed by atoms with Gasteiger partial charge in [0.1, 0.15) is 5.82 Å². The van der Waals surface area contributed by atoms with Crippen molar-refractivity contribution in [1.29, 1.82) is 0 Å². The second kappa shape index (κ2) is 9.73. The summed E-state index contributed by atoms with van der Waals surface area (Å²) in [6, 6.07) is 13.8. The van der Waals surface area contributed by atoms with Crippen molar-refractivity contribution in [2.45, 2.75) is 44.2 Å². The van der Waals surface area contributed by atoms with Gasteiger partial charge in [0.2, 0.25) is 5.91 Å². The summed E-state index contributed by atoms with van der Waals surface area (Å²) < 4.78 is 13.7. The number of likely N-dealkylation sites (N-methyl/N-ethyl adjacent to an activating group) is 1. The minimum atomic E-state index is -0.651. The van der Waals surface area contributed by atoms with Crippen LogP contribution in [0.25, 0.3) is 11.1 Å². The van der Waals surface area contributed by atoms with Gasteiger partial charge in [-0.3, -0.25) is 14.4 Å². The van der Waals surface area contributed by atoms with Crippen LogP contribution in [0.4, 0.5) is 4.39 Å². The second-order valence-corrected chi connectivity index (χ2v) is 9.21. The highest BCUT2D eigenvalue weighted by Crippen LogP contribution is 2.33. The number of hydrogen-bond donors (Lipinski definition) is 1. The van der Waals surface area contributed by atoms with Crippen LogP contribution in [-0.2, 0) is 20.8 Å². The molecule has 1 aliphatic carbocycles. The first-order chi connectivity index (χ1) is 15.8. The van der Waals surface area contributed by atoms with E-state index in [1.807, 2.05) is 35.2 Å². The molecule has 3 amide bonds. The van der Waals surface area contributed by atoms with Crippen LogP contribution in [0.15, 0.2) is 48.5 Å². The maximum atomic E-state index is 13.7. The Bertz CT molecular complexity index is 1050. The number of rotatable bonds is 5. The molecule has 2 atom stereocenters. The van der Waals surface area contributed by atoms with E-state index in [1.165, 1.54) is 17.0 Å². The van der Waals surface area contributed by atoms with E-state index in [0.717, 1.165) is 36.0 Å².